The minimum Gasteiger partial charge on any atom is -0.387 e. The largest absolute Gasteiger partial charge is 0.387 e. The second-order valence-corrected chi connectivity index (χ2v) is 6.09. The number of aliphatic hydroxyl groups is 1. The van der Waals surface area contributed by atoms with E-state index in [0.29, 0.717) is 34.0 Å². The van der Waals surface area contributed by atoms with Crippen molar-refractivity contribution in [2.75, 3.05) is 19.6 Å². The summed E-state index contributed by atoms with van der Waals surface area (Å²) in [5.41, 5.74) is 0.680. The Morgan fingerprint density at radius 2 is 1.81 bits per heavy atom. The lowest BCUT2D eigenvalue weighted by Gasteiger charge is -2.16. The average molecular weight is 332 g/mol. The second kappa shape index (κ2) is 9.13. The quantitative estimate of drug-likeness (QED) is 0.554. The highest BCUT2D eigenvalue weighted by atomic mass is 35.5. The predicted octanol–water partition coefficient (Wildman–Crippen LogP) is 3.24. The first-order valence-electron chi connectivity index (χ1n) is 7.08. The van der Waals surface area contributed by atoms with Crippen molar-refractivity contribution in [2.45, 2.75) is 26.9 Å². The zero-order chi connectivity index (χ0) is 15.8. The topological polar surface area (TPSA) is 56.7 Å². The van der Waals surface area contributed by atoms with Crippen molar-refractivity contribution >= 4 is 29.2 Å². The molecular weight excluding hydrogens is 309 g/mol. The number of benzene rings is 1. The number of rotatable bonds is 6. The molecule has 0 aliphatic heterocycles. The third kappa shape index (κ3) is 7.02. The monoisotopic (exact) mass is 331 g/mol. The highest BCUT2D eigenvalue weighted by molar-refractivity contribution is 6.34. The van der Waals surface area contributed by atoms with E-state index in [2.05, 4.69) is 29.5 Å². The highest BCUT2D eigenvalue weighted by Gasteiger charge is 2.10. The molecule has 0 spiro atoms. The minimum atomic E-state index is -0.705. The molecule has 21 heavy (non-hydrogen) atoms. The fourth-order valence-corrected chi connectivity index (χ4v) is 2.24. The molecule has 3 N–H and O–H groups in total. The molecule has 0 saturated heterocycles. The van der Waals surface area contributed by atoms with Crippen LogP contribution in [-0.2, 0) is 0 Å². The Kier molecular flexibility index (Phi) is 7.86. The van der Waals surface area contributed by atoms with E-state index < -0.39 is 6.10 Å². The van der Waals surface area contributed by atoms with E-state index >= 15 is 0 Å². The molecule has 0 bridgehead atoms. The second-order valence-electron chi connectivity index (χ2n) is 5.21. The third-order valence-corrected chi connectivity index (χ3v) is 3.13. The molecule has 1 unspecified atom stereocenters. The first-order valence-corrected chi connectivity index (χ1v) is 7.84. The summed E-state index contributed by atoms with van der Waals surface area (Å²) in [5.74, 6) is 1.18. The molecular formula is C15H23Cl2N3O. The van der Waals surface area contributed by atoms with Gasteiger partial charge in [0, 0.05) is 29.7 Å². The number of hydrogen-bond donors (Lipinski definition) is 3. The lowest BCUT2D eigenvalue weighted by Crippen LogP contribution is -2.39. The van der Waals surface area contributed by atoms with E-state index in [4.69, 9.17) is 23.2 Å². The Morgan fingerprint density at radius 1 is 1.19 bits per heavy atom. The third-order valence-electron chi connectivity index (χ3n) is 2.69. The Bertz CT molecular complexity index is 458. The van der Waals surface area contributed by atoms with Crippen LogP contribution < -0.4 is 10.6 Å². The Hall–Kier alpha value is -0.970. The number of nitrogens with one attached hydrogen (secondary N) is 2. The SMILES string of the molecule is CCNC(=NCC(C)C)NCC(O)c1cc(Cl)cc(Cl)c1. The highest BCUT2D eigenvalue weighted by Crippen LogP contribution is 2.23. The van der Waals surface area contributed by atoms with E-state index in [9.17, 15) is 5.11 Å². The smallest absolute Gasteiger partial charge is 0.191 e. The van der Waals surface area contributed by atoms with Crippen molar-refractivity contribution in [3.63, 3.8) is 0 Å². The van der Waals surface area contributed by atoms with Gasteiger partial charge in [0.05, 0.1) is 6.10 Å². The number of nitrogens with zero attached hydrogens (tertiary/aromatic N) is 1. The summed E-state index contributed by atoms with van der Waals surface area (Å²) in [7, 11) is 0. The maximum absolute atomic E-state index is 10.2. The van der Waals surface area contributed by atoms with Crippen molar-refractivity contribution in [3.8, 4) is 0 Å². The fourth-order valence-electron chi connectivity index (χ4n) is 1.69. The van der Waals surface area contributed by atoms with Gasteiger partial charge in [-0.2, -0.15) is 0 Å². The van der Waals surface area contributed by atoms with Gasteiger partial charge in [-0.25, -0.2) is 0 Å². The molecule has 1 aromatic rings. The summed E-state index contributed by atoms with van der Waals surface area (Å²) in [6.07, 6.45) is -0.705. The first kappa shape index (κ1) is 18.1. The molecule has 0 aromatic heterocycles. The van der Waals surface area contributed by atoms with Crippen LogP contribution in [-0.4, -0.2) is 30.7 Å². The Labute approximate surface area is 136 Å². The van der Waals surface area contributed by atoms with Crippen molar-refractivity contribution in [3.05, 3.63) is 33.8 Å². The molecule has 0 aliphatic carbocycles. The van der Waals surface area contributed by atoms with Gasteiger partial charge in [-0.1, -0.05) is 37.0 Å². The van der Waals surface area contributed by atoms with E-state index in [1.54, 1.807) is 18.2 Å². The lowest BCUT2D eigenvalue weighted by atomic mass is 10.1. The Morgan fingerprint density at radius 3 is 2.33 bits per heavy atom. The van der Waals surface area contributed by atoms with E-state index in [-0.39, 0.29) is 0 Å². The lowest BCUT2D eigenvalue weighted by molar-refractivity contribution is 0.181. The van der Waals surface area contributed by atoms with Crippen LogP contribution in [0.4, 0.5) is 0 Å². The van der Waals surface area contributed by atoms with Crippen molar-refractivity contribution in [1.29, 1.82) is 0 Å². The van der Waals surface area contributed by atoms with Crippen LogP contribution in [0.3, 0.4) is 0 Å². The standard InChI is InChI=1S/C15H23Cl2N3O/c1-4-18-15(19-8-10(2)3)20-9-14(21)11-5-12(16)7-13(17)6-11/h5-7,10,14,21H,4,8-9H2,1-3H3,(H2,18,19,20). The molecule has 1 rings (SSSR count). The zero-order valence-electron chi connectivity index (χ0n) is 12.7. The molecule has 0 saturated carbocycles. The summed E-state index contributed by atoms with van der Waals surface area (Å²) < 4.78 is 0. The average Bonchev–Trinajstić information content (AvgIpc) is 2.40. The molecule has 0 heterocycles. The predicted molar refractivity (Wildman–Crippen MR) is 90.2 cm³/mol. The van der Waals surface area contributed by atoms with Gasteiger partial charge < -0.3 is 15.7 Å². The molecule has 118 valence electrons. The maximum Gasteiger partial charge on any atom is 0.191 e. The van der Waals surface area contributed by atoms with Gasteiger partial charge in [0.15, 0.2) is 5.96 Å². The molecule has 1 aromatic carbocycles. The van der Waals surface area contributed by atoms with Gasteiger partial charge in [0.2, 0.25) is 0 Å². The van der Waals surface area contributed by atoms with Crippen LogP contribution in [0.25, 0.3) is 0 Å². The van der Waals surface area contributed by atoms with E-state index in [0.717, 1.165) is 13.1 Å². The molecule has 0 fully saturated rings. The van der Waals surface area contributed by atoms with Gasteiger partial charge in [-0.3, -0.25) is 4.99 Å². The number of guanidine groups is 1. The molecule has 0 aliphatic rings. The van der Waals surface area contributed by atoms with Gasteiger partial charge >= 0.3 is 0 Å². The number of hydrogen-bond acceptors (Lipinski definition) is 2. The molecule has 0 amide bonds. The van der Waals surface area contributed by atoms with Gasteiger partial charge in [-0.05, 0) is 36.6 Å². The van der Waals surface area contributed by atoms with Gasteiger partial charge in [-0.15, -0.1) is 0 Å². The Balaban J connectivity index is 2.63. The number of halogens is 2. The van der Waals surface area contributed by atoms with Crippen LogP contribution in [0.2, 0.25) is 10.0 Å². The van der Waals surface area contributed by atoms with Gasteiger partial charge in [0.25, 0.3) is 0 Å². The maximum atomic E-state index is 10.2. The normalized spacial score (nSPS) is 13.4. The summed E-state index contributed by atoms with van der Waals surface area (Å²) >= 11 is 11.9. The van der Waals surface area contributed by atoms with Gasteiger partial charge in [0.1, 0.15) is 0 Å². The summed E-state index contributed by atoms with van der Waals surface area (Å²) in [4.78, 5) is 4.44. The van der Waals surface area contributed by atoms with E-state index in [1.807, 2.05) is 6.92 Å². The van der Waals surface area contributed by atoms with Crippen molar-refractivity contribution < 1.29 is 5.11 Å². The van der Waals surface area contributed by atoms with Crippen LogP contribution in [0, 0.1) is 5.92 Å². The summed E-state index contributed by atoms with van der Waals surface area (Å²) in [5, 5.41) is 17.5. The zero-order valence-corrected chi connectivity index (χ0v) is 14.2. The summed E-state index contributed by atoms with van der Waals surface area (Å²) in [6.45, 7) is 8.05. The number of aliphatic hydroxyl groups excluding tert-OH is 1. The molecule has 1 atom stereocenters. The summed E-state index contributed by atoms with van der Waals surface area (Å²) in [6, 6.07) is 5.05. The van der Waals surface area contributed by atoms with Crippen LogP contribution in [0.5, 0.6) is 0 Å². The number of aliphatic imine (C=N–C) groups is 1. The molecule has 4 nitrogen and oxygen atoms in total. The van der Waals surface area contributed by atoms with E-state index in [1.165, 1.54) is 0 Å². The molecule has 6 heteroatoms. The van der Waals surface area contributed by atoms with Crippen molar-refractivity contribution in [1.82, 2.24) is 10.6 Å². The fraction of sp³-hybridized carbons (Fsp3) is 0.533. The minimum absolute atomic E-state index is 0.334. The van der Waals surface area contributed by atoms with Crippen LogP contribution >= 0.6 is 23.2 Å². The van der Waals surface area contributed by atoms with Crippen molar-refractivity contribution in [2.24, 2.45) is 10.9 Å². The first-order chi connectivity index (χ1) is 9.92. The van der Waals surface area contributed by atoms with Crippen LogP contribution in [0.1, 0.15) is 32.4 Å². The van der Waals surface area contributed by atoms with Crippen LogP contribution in [0.15, 0.2) is 23.2 Å². The molecule has 0 radical (unpaired) electrons.